The molecule has 5 rings (SSSR count). The number of benzene rings is 2. The van der Waals surface area contributed by atoms with Gasteiger partial charge in [0.2, 0.25) is 5.95 Å². The Kier molecular flexibility index (Phi) is 5.68. The Morgan fingerprint density at radius 1 is 1.20 bits per heavy atom. The van der Waals surface area contributed by atoms with Crippen LogP contribution in [0.4, 0.5) is 21.7 Å². The van der Waals surface area contributed by atoms with E-state index in [1.807, 2.05) is 6.07 Å². The van der Waals surface area contributed by atoms with E-state index in [4.69, 9.17) is 10.00 Å². The molecule has 0 saturated carbocycles. The molecule has 1 fully saturated rings. The summed E-state index contributed by atoms with van der Waals surface area (Å²) < 4.78 is 20.9. The number of aromatic nitrogens is 4. The Morgan fingerprint density at radius 3 is 2.63 bits per heavy atom. The van der Waals surface area contributed by atoms with Crippen LogP contribution in [0.1, 0.15) is 24.4 Å². The minimum atomic E-state index is -0.674. The van der Waals surface area contributed by atoms with E-state index in [1.54, 1.807) is 24.3 Å². The molecule has 176 valence electrons. The van der Waals surface area contributed by atoms with Gasteiger partial charge in [-0.05, 0) is 31.0 Å². The fourth-order valence-electron chi connectivity index (χ4n) is 4.14. The molecule has 0 atom stereocenters. The van der Waals surface area contributed by atoms with Gasteiger partial charge in [-0.2, -0.15) is 10.2 Å². The molecule has 2 N–H and O–H groups in total. The maximum absolute atomic E-state index is 13.9. The zero-order chi connectivity index (χ0) is 24.5. The average molecular weight is 475 g/mol. The van der Waals surface area contributed by atoms with E-state index in [9.17, 15) is 19.3 Å². The molecular formula is C23H18FN7O4. The number of H-pyrrole nitrogens is 1. The molecule has 0 radical (unpaired) electrons. The maximum Gasteiger partial charge on any atom is 0.327 e. The van der Waals surface area contributed by atoms with Gasteiger partial charge < -0.3 is 15.0 Å². The first-order valence-electron chi connectivity index (χ1n) is 10.8. The third-order valence-electron chi connectivity index (χ3n) is 5.81. The molecule has 0 bridgehead atoms. The van der Waals surface area contributed by atoms with Gasteiger partial charge >= 0.3 is 5.69 Å². The van der Waals surface area contributed by atoms with E-state index < -0.39 is 10.7 Å². The average Bonchev–Trinajstić information content (AvgIpc) is 3.19. The monoisotopic (exact) mass is 475 g/mol. The molecule has 1 aliphatic heterocycles. The summed E-state index contributed by atoms with van der Waals surface area (Å²) in [6.07, 6.45) is 1.22. The van der Waals surface area contributed by atoms with Crippen molar-refractivity contribution in [3.8, 4) is 17.3 Å². The predicted molar refractivity (Wildman–Crippen MR) is 124 cm³/mol. The highest BCUT2D eigenvalue weighted by atomic mass is 19.1. The number of nitriles is 1. The molecule has 0 amide bonds. The molecule has 0 unspecified atom stereocenters. The van der Waals surface area contributed by atoms with Gasteiger partial charge in [0.05, 0.1) is 16.6 Å². The van der Waals surface area contributed by atoms with Gasteiger partial charge in [0.1, 0.15) is 22.7 Å². The Bertz CT molecular complexity index is 1530. The van der Waals surface area contributed by atoms with Crippen LogP contribution in [0.3, 0.4) is 0 Å². The first-order chi connectivity index (χ1) is 16.9. The fraction of sp³-hybridized carbons (Fsp3) is 0.217. The second-order valence-corrected chi connectivity index (χ2v) is 7.97. The van der Waals surface area contributed by atoms with Crippen molar-refractivity contribution in [1.82, 2.24) is 19.5 Å². The summed E-state index contributed by atoms with van der Waals surface area (Å²) in [4.78, 5) is 35.6. The van der Waals surface area contributed by atoms with Crippen molar-refractivity contribution in [1.29, 1.82) is 5.26 Å². The van der Waals surface area contributed by atoms with Crippen molar-refractivity contribution >= 4 is 28.5 Å². The lowest BCUT2D eigenvalue weighted by Gasteiger charge is -2.23. The largest absolute Gasteiger partial charge is 0.381 e. The van der Waals surface area contributed by atoms with Gasteiger partial charge in [0.25, 0.3) is 5.69 Å². The molecule has 2 aromatic heterocycles. The Morgan fingerprint density at radius 2 is 1.94 bits per heavy atom. The van der Waals surface area contributed by atoms with E-state index in [-0.39, 0.29) is 29.1 Å². The Balaban J connectivity index is 1.71. The normalized spacial score (nSPS) is 14.1. The first-order valence-corrected chi connectivity index (χ1v) is 10.8. The van der Waals surface area contributed by atoms with Gasteiger partial charge in [0, 0.05) is 37.0 Å². The summed E-state index contributed by atoms with van der Waals surface area (Å²) in [7, 11) is 0. The summed E-state index contributed by atoms with van der Waals surface area (Å²) in [5.41, 5.74) is 1.22. The molecule has 35 heavy (non-hydrogen) atoms. The van der Waals surface area contributed by atoms with E-state index >= 15 is 0 Å². The summed E-state index contributed by atoms with van der Waals surface area (Å²) in [6.45, 7) is 0.996. The van der Waals surface area contributed by atoms with Crippen molar-refractivity contribution in [3.05, 3.63) is 74.4 Å². The van der Waals surface area contributed by atoms with Gasteiger partial charge in [-0.3, -0.25) is 14.7 Å². The van der Waals surface area contributed by atoms with E-state index in [0.717, 1.165) is 18.2 Å². The van der Waals surface area contributed by atoms with Crippen molar-refractivity contribution in [2.24, 2.45) is 0 Å². The zero-order valence-electron chi connectivity index (χ0n) is 18.2. The van der Waals surface area contributed by atoms with Crippen LogP contribution < -0.4 is 11.0 Å². The van der Waals surface area contributed by atoms with Crippen molar-refractivity contribution in [3.63, 3.8) is 0 Å². The van der Waals surface area contributed by atoms with Crippen LogP contribution >= 0.6 is 0 Å². The molecule has 4 aromatic rings. The molecule has 3 heterocycles. The van der Waals surface area contributed by atoms with Crippen LogP contribution in [0.25, 0.3) is 22.4 Å². The maximum atomic E-state index is 13.9. The van der Waals surface area contributed by atoms with E-state index in [0.29, 0.717) is 54.0 Å². The number of aromatic amines is 1. The number of hydrogen-bond donors (Lipinski definition) is 2. The standard InChI is InChI=1S/C23H18FN7O4/c24-15-5-6-18(31(33)34)17(11-15)26-22-27-19(14-3-1-13(12-25)2-4-14)20-21(29-22)30(23(32)28-20)16-7-9-35-10-8-16/h1-6,11,16H,7-10H2,(H,28,32)(H,26,27,29). The van der Waals surface area contributed by atoms with Gasteiger partial charge in [-0.25, -0.2) is 14.2 Å². The van der Waals surface area contributed by atoms with Crippen molar-refractivity contribution in [2.45, 2.75) is 18.9 Å². The van der Waals surface area contributed by atoms with E-state index in [2.05, 4.69) is 20.3 Å². The third-order valence-corrected chi connectivity index (χ3v) is 5.81. The number of fused-ring (bicyclic) bond motifs is 1. The summed E-state index contributed by atoms with van der Waals surface area (Å²) in [5, 5.41) is 23.3. The van der Waals surface area contributed by atoms with Crippen LogP contribution in [-0.2, 0) is 4.74 Å². The number of rotatable bonds is 5. The smallest absolute Gasteiger partial charge is 0.327 e. The molecule has 0 spiro atoms. The van der Waals surface area contributed by atoms with Crippen LogP contribution in [-0.4, -0.2) is 37.7 Å². The second kappa shape index (κ2) is 8.96. The molecule has 12 heteroatoms. The van der Waals surface area contributed by atoms with Gasteiger partial charge in [-0.1, -0.05) is 12.1 Å². The van der Waals surface area contributed by atoms with E-state index in [1.165, 1.54) is 4.57 Å². The number of nitro groups is 1. The lowest BCUT2D eigenvalue weighted by Crippen LogP contribution is -2.27. The SMILES string of the molecule is N#Cc1ccc(-c2nc(Nc3cc(F)ccc3[N+](=O)[O-])nc3c2[nH]c(=O)n3C2CCOCC2)cc1. The van der Waals surface area contributed by atoms with Crippen molar-refractivity contribution in [2.75, 3.05) is 18.5 Å². The van der Waals surface area contributed by atoms with Crippen LogP contribution in [0.15, 0.2) is 47.3 Å². The number of nitro benzene ring substituents is 1. The number of ether oxygens (including phenoxy) is 1. The Hall–Kier alpha value is -4.63. The number of hydrogen-bond acceptors (Lipinski definition) is 8. The summed E-state index contributed by atoms with van der Waals surface area (Å²) in [5.74, 6) is -0.724. The molecule has 11 nitrogen and oxygen atoms in total. The summed E-state index contributed by atoms with van der Waals surface area (Å²) in [6, 6.07) is 11.5. The lowest BCUT2D eigenvalue weighted by molar-refractivity contribution is -0.384. The van der Waals surface area contributed by atoms with Crippen LogP contribution in [0, 0.1) is 27.3 Å². The molecule has 1 aliphatic rings. The lowest BCUT2D eigenvalue weighted by atomic mass is 10.1. The van der Waals surface area contributed by atoms with Crippen LogP contribution in [0.2, 0.25) is 0 Å². The number of nitrogens with zero attached hydrogens (tertiary/aromatic N) is 5. The van der Waals surface area contributed by atoms with Crippen molar-refractivity contribution < 1.29 is 14.1 Å². The van der Waals surface area contributed by atoms with Gasteiger partial charge in [0.15, 0.2) is 5.65 Å². The molecule has 0 aliphatic carbocycles. The number of anilines is 2. The molecular weight excluding hydrogens is 457 g/mol. The minimum absolute atomic E-state index is 0.0506. The molecule has 1 saturated heterocycles. The van der Waals surface area contributed by atoms with Gasteiger partial charge in [-0.15, -0.1) is 0 Å². The predicted octanol–water partition coefficient (Wildman–Crippen LogP) is 3.80. The topological polar surface area (TPSA) is 152 Å². The second-order valence-electron chi connectivity index (χ2n) is 7.97. The number of halogens is 1. The minimum Gasteiger partial charge on any atom is -0.381 e. The van der Waals surface area contributed by atoms with Crippen LogP contribution in [0.5, 0.6) is 0 Å². The fourth-order valence-corrected chi connectivity index (χ4v) is 4.14. The number of imidazole rings is 1. The summed E-state index contributed by atoms with van der Waals surface area (Å²) >= 11 is 0. The first kappa shape index (κ1) is 22.2. The highest BCUT2D eigenvalue weighted by Gasteiger charge is 2.25. The highest BCUT2D eigenvalue weighted by Crippen LogP contribution is 2.32. The third kappa shape index (κ3) is 4.20. The highest BCUT2D eigenvalue weighted by molar-refractivity contribution is 5.89. The number of nitrogens with one attached hydrogen (secondary N) is 2. The molecule has 2 aromatic carbocycles. The zero-order valence-corrected chi connectivity index (χ0v) is 18.2. The quantitative estimate of drug-likeness (QED) is 0.327. The Labute approximate surface area is 197 Å².